The van der Waals surface area contributed by atoms with Crippen LogP contribution in [0.25, 0.3) is 0 Å². The first-order valence-electron chi connectivity index (χ1n) is 9.51. The molecule has 2 saturated heterocycles. The molecule has 0 spiro atoms. The van der Waals surface area contributed by atoms with Gasteiger partial charge in [0.25, 0.3) is 0 Å². The highest BCUT2D eigenvalue weighted by Gasteiger charge is 2.21. The van der Waals surface area contributed by atoms with Crippen LogP contribution in [0.4, 0.5) is 0 Å². The monoisotopic (exact) mass is 486 g/mol. The minimum Gasteiger partial charge on any atom is -0.381 e. The van der Waals surface area contributed by atoms with Crippen LogP contribution in [0.15, 0.2) is 29.3 Å². The lowest BCUT2D eigenvalue weighted by Crippen LogP contribution is -2.41. The Kier molecular flexibility index (Phi) is 8.82. The average molecular weight is 486 g/mol. The summed E-state index contributed by atoms with van der Waals surface area (Å²) in [7, 11) is 3.89. The smallest absolute Gasteiger partial charge is 0.222 e. The Morgan fingerprint density at radius 2 is 2.15 bits per heavy atom. The number of hydrogen-bond acceptors (Lipinski definition) is 3. The van der Waals surface area contributed by atoms with Gasteiger partial charge in [0.1, 0.15) is 0 Å². The van der Waals surface area contributed by atoms with Crippen LogP contribution < -0.4 is 5.32 Å². The minimum atomic E-state index is 0. The van der Waals surface area contributed by atoms with Gasteiger partial charge in [0.15, 0.2) is 5.96 Å². The summed E-state index contributed by atoms with van der Waals surface area (Å²) < 4.78 is 5.47. The van der Waals surface area contributed by atoms with Crippen molar-refractivity contribution < 1.29 is 9.53 Å². The Morgan fingerprint density at radius 3 is 2.78 bits per heavy atom. The number of halogens is 1. The van der Waals surface area contributed by atoms with Crippen LogP contribution >= 0.6 is 24.0 Å². The van der Waals surface area contributed by atoms with E-state index in [1.54, 1.807) is 0 Å². The number of nitrogens with one attached hydrogen (secondary N) is 1. The lowest BCUT2D eigenvalue weighted by molar-refractivity contribution is -0.128. The van der Waals surface area contributed by atoms with Gasteiger partial charge in [-0.2, -0.15) is 0 Å². The highest BCUT2D eigenvalue weighted by Crippen LogP contribution is 2.17. The molecule has 1 N–H and O–H groups in total. The molecule has 7 heteroatoms. The third-order valence-electron chi connectivity index (χ3n) is 5.22. The standard InChI is InChI=1S/C20H30N4O2.HI/c1-21-20(23(2)13-16-9-11-26-15-16)22-12-17-6-3-4-7-18(17)14-24-10-5-8-19(24)25;/h3-4,6-7,16H,5,8-15H2,1-2H3,(H,21,22);1H. The van der Waals surface area contributed by atoms with Crippen LogP contribution in [0.3, 0.4) is 0 Å². The number of aliphatic imine (C=N–C) groups is 1. The molecule has 1 atom stereocenters. The summed E-state index contributed by atoms with van der Waals surface area (Å²) >= 11 is 0. The Labute approximate surface area is 179 Å². The lowest BCUT2D eigenvalue weighted by Gasteiger charge is -2.25. The van der Waals surface area contributed by atoms with Crippen molar-refractivity contribution in [1.29, 1.82) is 0 Å². The van der Waals surface area contributed by atoms with Crippen LogP contribution in [0.5, 0.6) is 0 Å². The van der Waals surface area contributed by atoms with Crippen LogP contribution in [-0.2, 0) is 22.6 Å². The number of carbonyl (C=O) groups excluding carboxylic acids is 1. The molecular formula is C20H31IN4O2. The molecule has 150 valence electrons. The van der Waals surface area contributed by atoms with Gasteiger partial charge in [0, 0.05) is 59.2 Å². The molecule has 6 nitrogen and oxygen atoms in total. The fourth-order valence-corrected chi connectivity index (χ4v) is 3.72. The Balaban J connectivity index is 0.00000261. The van der Waals surface area contributed by atoms with Crippen molar-refractivity contribution >= 4 is 35.8 Å². The molecule has 3 rings (SSSR count). The molecule has 2 aliphatic heterocycles. The van der Waals surface area contributed by atoms with Gasteiger partial charge in [-0.1, -0.05) is 24.3 Å². The van der Waals surface area contributed by atoms with Crippen molar-refractivity contribution in [3.63, 3.8) is 0 Å². The van der Waals surface area contributed by atoms with Crippen molar-refractivity contribution in [2.75, 3.05) is 40.4 Å². The van der Waals surface area contributed by atoms with E-state index in [1.807, 2.05) is 18.0 Å². The molecule has 0 saturated carbocycles. The molecule has 1 aromatic carbocycles. The zero-order chi connectivity index (χ0) is 18.4. The van der Waals surface area contributed by atoms with Crippen molar-refractivity contribution in [2.45, 2.75) is 32.4 Å². The van der Waals surface area contributed by atoms with Crippen LogP contribution in [-0.4, -0.2) is 62.1 Å². The molecule has 27 heavy (non-hydrogen) atoms. The van der Waals surface area contributed by atoms with E-state index in [1.165, 1.54) is 11.1 Å². The summed E-state index contributed by atoms with van der Waals surface area (Å²) in [6.45, 7) is 4.93. The van der Waals surface area contributed by atoms with Gasteiger partial charge in [-0.05, 0) is 24.0 Å². The zero-order valence-corrected chi connectivity index (χ0v) is 18.6. The Morgan fingerprint density at radius 1 is 1.37 bits per heavy atom. The number of amides is 1. The predicted molar refractivity (Wildman–Crippen MR) is 118 cm³/mol. The molecule has 1 amide bonds. The molecule has 0 radical (unpaired) electrons. The summed E-state index contributed by atoms with van der Waals surface area (Å²) in [6.07, 6.45) is 2.78. The third-order valence-corrected chi connectivity index (χ3v) is 5.22. The molecule has 2 heterocycles. The Bertz CT molecular complexity index is 647. The molecule has 2 aliphatic rings. The van der Waals surface area contributed by atoms with E-state index in [9.17, 15) is 4.79 Å². The summed E-state index contributed by atoms with van der Waals surface area (Å²) in [6, 6.07) is 8.33. The summed E-state index contributed by atoms with van der Waals surface area (Å²) in [5, 5.41) is 3.47. The third kappa shape index (κ3) is 6.07. The van der Waals surface area contributed by atoms with Crippen LogP contribution in [0.2, 0.25) is 0 Å². The molecule has 0 aliphatic carbocycles. The van der Waals surface area contributed by atoms with Crippen molar-refractivity contribution in [3.05, 3.63) is 35.4 Å². The number of hydrogen-bond donors (Lipinski definition) is 1. The number of carbonyl (C=O) groups is 1. The van der Waals surface area contributed by atoms with Gasteiger partial charge in [0.05, 0.1) is 6.61 Å². The number of nitrogens with zero attached hydrogens (tertiary/aromatic N) is 3. The van der Waals surface area contributed by atoms with E-state index < -0.39 is 0 Å². The van der Waals surface area contributed by atoms with Crippen molar-refractivity contribution in [1.82, 2.24) is 15.1 Å². The second-order valence-corrected chi connectivity index (χ2v) is 7.20. The normalized spacial score (nSPS) is 19.9. The van der Waals surface area contributed by atoms with Crippen molar-refractivity contribution in [3.8, 4) is 0 Å². The molecular weight excluding hydrogens is 455 g/mol. The first-order chi connectivity index (χ1) is 12.7. The SMILES string of the molecule is CN=C(NCc1ccccc1CN1CCCC1=O)N(C)CC1CCOC1.I. The topological polar surface area (TPSA) is 57.2 Å². The minimum absolute atomic E-state index is 0. The van der Waals surface area contributed by atoms with Crippen molar-refractivity contribution in [2.24, 2.45) is 10.9 Å². The van der Waals surface area contributed by atoms with Gasteiger partial charge in [-0.3, -0.25) is 9.79 Å². The fourth-order valence-electron chi connectivity index (χ4n) is 3.72. The fraction of sp³-hybridized carbons (Fsp3) is 0.600. The van der Waals surface area contributed by atoms with Gasteiger partial charge in [-0.15, -0.1) is 24.0 Å². The molecule has 0 bridgehead atoms. The van der Waals surface area contributed by atoms with E-state index >= 15 is 0 Å². The van der Waals surface area contributed by atoms with E-state index in [0.29, 0.717) is 25.4 Å². The summed E-state index contributed by atoms with van der Waals surface area (Å²) in [5.41, 5.74) is 2.42. The Hall–Kier alpha value is -1.35. The van der Waals surface area contributed by atoms with E-state index in [2.05, 4.69) is 40.5 Å². The summed E-state index contributed by atoms with van der Waals surface area (Å²) in [4.78, 5) is 20.5. The average Bonchev–Trinajstić information content (AvgIpc) is 3.29. The van der Waals surface area contributed by atoms with Crippen LogP contribution in [0.1, 0.15) is 30.4 Å². The second-order valence-electron chi connectivity index (χ2n) is 7.20. The number of rotatable bonds is 6. The number of benzene rings is 1. The van der Waals surface area contributed by atoms with Gasteiger partial charge < -0.3 is 19.9 Å². The van der Waals surface area contributed by atoms with Gasteiger partial charge in [0.2, 0.25) is 5.91 Å². The van der Waals surface area contributed by atoms with E-state index in [-0.39, 0.29) is 29.9 Å². The maximum atomic E-state index is 11.9. The highest BCUT2D eigenvalue weighted by molar-refractivity contribution is 14.0. The first kappa shape index (κ1) is 21.9. The van der Waals surface area contributed by atoms with E-state index in [0.717, 1.165) is 45.1 Å². The van der Waals surface area contributed by atoms with E-state index in [4.69, 9.17) is 4.74 Å². The molecule has 2 fully saturated rings. The second kappa shape index (κ2) is 10.8. The first-order valence-corrected chi connectivity index (χ1v) is 9.51. The molecule has 1 aromatic rings. The molecule has 0 aromatic heterocycles. The highest BCUT2D eigenvalue weighted by atomic mass is 127. The van der Waals surface area contributed by atoms with Gasteiger partial charge in [-0.25, -0.2) is 0 Å². The quantitative estimate of drug-likeness (QED) is 0.382. The maximum Gasteiger partial charge on any atom is 0.222 e. The zero-order valence-electron chi connectivity index (χ0n) is 16.3. The molecule has 1 unspecified atom stereocenters. The number of guanidine groups is 1. The number of likely N-dealkylation sites (tertiary alicyclic amines) is 1. The lowest BCUT2D eigenvalue weighted by atomic mass is 10.1. The van der Waals surface area contributed by atoms with Gasteiger partial charge >= 0.3 is 0 Å². The van der Waals surface area contributed by atoms with Crippen LogP contribution in [0, 0.1) is 5.92 Å². The maximum absolute atomic E-state index is 11.9. The largest absolute Gasteiger partial charge is 0.381 e. The predicted octanol–water partition coefficient (Wildman–Crippen LogP) is 2.47. The number of ether oxygens (including phenoxy) is 1. The summed E-state index contributed by atoms with van der Waals surface area (Å²) in [5.74, 6) is 1.73.